The SMILES string of the molecule is NC(Cc1ccc(Br)s1)C1Cc2ccccc2O1. The Kier molecular flexibility index (Phi) is 3.41. The summed E-state index contributed by atoms with van der Waals surface area (Å²) in [5.74, 6) is 0.991. The minimum Gasteiger partial charge on any atom is -0.488 e. The second kappa shape index (κ2) is 5.03. The largest absolute Gasteiger partial charge is 0.488 e. The highest BCUT2D eigenvalue weighted by atomic mass is 79.9. The van der Waals surface area contributed by atoms with Gasteiger partial charge in [0.25, 0.3) is 0 Å². The molecule has 2 N–H and O–H groups in total. The third kappa shape index (κ3) is 2.46. The quantitative estimate of drug-likeness (QED) is 0.939. The van der Waals surface area contributed by atoms with Crippen LogP contribution >= 0.6 is 27.3 Å². The minimum absolute atomic E-state index is 0.0444. The summed E-state index contributed by atoms with van der Waals surface area (Å²) in [5.41, 5.74) is 7.53. The van der Waals surface area contributed by atoms with Crippen molar-refractivity contribution in [3.8, 4) is 5.75 Å². The van der Waals surface area contributed by atoms with E-state index in [0.29, 0.717) is 0 Å². The summed E-state index contributed by atoms with van der Waals surface area (Å²) in [5, 5.41) is 0. The van der Waals surface area contributed by atoms with Crippen LogP contribution < -0.4 is 10.5 Å². The first kappa shape index (κ1) is 12.2. The highest BCUT2D eigenvalue weighted by molar-refractivity contribution is 9.11. The van der Waals surface area contributed by atoms with Gasteiger partial charge in [-0.25, -0.2) is 0 Å². The van der Waals surface area contributed by atoms with Crippen molar-refractivity contribution in [2.75, 3.05) is 0 Å². The van der Waals surface area contributed by atoms with Crippen LogP contribution in [-0.2, 0) is 12.8 Å². The van der Waals surface area contributed by atoms with E-state index in [9.17, 15) is 0 Å². The molecule has 2 atom stereocenters. The zero-order valence-electron chi connectivity index (χ0n) is 9.80. The zero-order valence-corrected chi connectivity index (χ0v) is 12.2. The minimum atomic E-state index is 0.0444. The third-order valence-corrected chi connectivity index (χ3v) is 4.86. The van der Waals surface area contributed by atoms with Gasteiger partial charge in [-0.15, -0.1) is 11.3 Å². The number of ether oxygens (including phenoxy) is 1. The van der Waals surface area contributed by atoms with E-state index in [4.69, 9.17) is 10.5 Å². The Bertz CT molecular complexity index is 529. The molecule has 0 radical (unpaired) electrons. The van der Waals surface area contributed by atoms with Crippen LogP contribution in [0, 0.1) is 0 Å². The molecule has 0 spiro atoms. The van der Waals surface area contributed by atoms with Crippen molar-refractivity contribution < 1.29 is 4.74 Å². The van der Waals surface area contributed by atoms with Gasteiger partial charge < -0.3 is 10.5 Å². The molecule has 4 heteroatoms. The highest BCUT2D eigenvalue weighted by Gasteiger charge is 2.28. The van der Waals surface area contributed by atoms with Crippen LogP contribution in [0.1, 0.15) is 10.4 Å². The third-order valence-electron chi connectivity index (χ3n) is 3.22. The molecule has 18 heavy (non-hydrogen) atoms. The van der Waals surface area contributed by atoms with Gasteiger partial charge >= 0.3 is 0 Å². The maximum atomic E-state index is 6.27. The fourth-order valence-electron chi connectivity index (χ4n) is 2.27. The van der Waals surface area contributed by atoms with E-state index in [2.05, 4.69) is 34.1 Å². The van der Waals surface area contributed by atoms with Crippen LogP contribution in [0.4, 0.5) is 0 Å². The standard InChI is InChI=1S/C14H14BrNOS/c15-14-6-5-10(18-14)8-11(16)13-7-9-3-1-2-4-12(9)17-13/h1-6,11,13H,7-8,16H2. The van der Waals surface area contributed by atoms with Gasteiger partial charge in [0.05, 0.1) is 3.79 Å². The lowest BCUT2D eigenvalue weighted by Gasteiger charge is -2.18. The molecule has 1 aliphatic heterocycles. The van der Waals surface area contributed by atoms with Crippen LogP contribution in [0.2, 0.25) is 0 Å². The number of rotatable bonds is 3. The summed E-state index contributed by atoms with van der Waals surface area (Å²) in [6, 6.07) is 12.4. The molecule has 0 fully saturated rings. The molecule has 0 bridgehead atoms. The smallest absolute Gasteiger partial charge is 0.123 e. The van der Waals surface area contributed by atoms with E-state index < -0.39 is 0 Å². The van der Waals surface area contributed by atoms with Crippen molar-refractivity contribution >= 4 is 27.3 Å². The first-order valence-corrected chi connectivity index (χ1v) is 7.57. The van der Waals surface area contributed by atoms with E-state index in [-0.39, 0.29) is 12.1 Å². The van der Waals surface area contributed by atoms with E-state index in [0.717, 1.165) is 22.4 Å². The van der Waals surface area contributed by atoms with E-state index >= 15 is 0 Å². The second-order valence-electron chi connectivity index (χ2n) is 4.54. The average molecular weight is 324 g/mol. The first-order chi connectivity index (χ1) is 8.72. The van der Waals surface area contributed by atoms with Crippen LogP contribution in [-0.4, -0.2) is 12.1 Å². The molecule has 0 amide bonds. The van der Waals surface area contributed by atoms with Crippen LogP contribution in [0.25, 0.3) is 0 Å². The molecule has 2 heterocycles. The van der Waals surface area contributed by atoms with Gasteiger partial charge in [-0.1, -0.05) is 18.2 Å². The molecule has 0 saturated carbocycles. The molecule has 1 aromatic heterocycles. The van der Waals surface area contributed by atoms with Crippen molar-refractivity contribution in [3.63, 3.8) is 0 Å². The fourth-order valence-corrected chi connectivity index (χ4v) is 3.83. The summed E-state index contributed by atoms with van der Waals surface area (Å²) < 4.78 is 7.07. The number of halogens is 1. The predicted molar refractivity (Wildman–Crippen MR) is 78.3 cm³/mol. The van der Waals surface area contributed by atoms with Crippen molar-refractivity contribution in [2.45, 2.75) is 25.0 Å². The van der Waals surface area contributed by atoms with Crippen molar-refractivity contribution in [1.29, 1.82) is 0 Å². The van der Waals surface area contributed by atoms with E-state index in [1.165, 1.54) is 10.4 Å². The molecule has 0 saturated heterocycles. The highest BCUT2D eigenvalue weighted by Crippen LogP contribution is 2.30. The number of thiophene rings is 1. The maximum Gasteiger partial charge on any atom is 0.123 e. The Morgan fingerprint density at radius 3 is 2.89 bits per heavy atom. The number of benzene rings is 1. The molecule has 2 aromatic rings. The average Bonchev–Trinajstić information content (AvgIpc) is 2.95. The van der Waals surface area contributed by atoms with Gasteiger partial charge in [0.2, 0.25) is 0 Å². The number of fused-ring (bicyclic) bond motifs is 1. The Labute approximate surface area is 119 Å². The summed E-state index contributed by atoms with van der Waals surface area (Å²) in [4.78, 5) is 1.30. The Hall–Kier alpha value is -0.840. The van der Waals surface area contributed by atoms with Gasteiger partial charge in [-0.3, -0.25) is 0 Å². The van der Waals surface area contributed by atoms with Gasteiger partial charge in [-0.2, -0.15) is 0 Å². The van der Waals surface area contributed by atoms with Crippen LogP contribution in [0.3, 0.4) is 0 Å². The number of para-hydroxylation sites is 1. The summed E-state index contributed by atoms with van der Waals surface area (Å²) in [6.07, 6.45) is 1.89. The van der Waals surface area contributed by atoms with Gasteiger partial charge in [-0.05, 0) is 39.7 Å². The molecular formula is C14H14BrNOS. The topological polar surface area (TPSA) is 35.2 Å². The lowest BCUT2D eigenvalue weighted by Crippen LogP contribution is -2.39. The van der Waals surface area contributed by atoms with Crippen LogP contribution in [0.15, 0.2) is 40.2 Å². The van der Waals surface area contributed by atoms with E-state index in [1.54, 1.807) is 11.3 Å². The second-order valence-corrected chi connectivity index (χ2v) is 7.09. The molecule has 1 aromatic carbocycles. The van der Waals surface area contributed by atoms with Gasteiger partial charge in [0.1, 0.15) is 11.9 Å². The molecule has 2 nitrogen and oxygen atoms in total. The van der Waals surface area contributed by atoms with Crippen molar-refractivity contribution in [3.05, 3.63) is 50.6 Å². The maximum absolute atomic E-state index is 6.27. The van der Waals surface area contributed by atoms with Crippen LogP contribution in [0.5, 0.6) is 5.75 Å². The predicted octanol–water partition coefficient (Wildman–Crippen LogP) is 3.38. The summed E-state index contributed by atoms with van der Waals surface area (Å²) in [6.45, 7) is 0. The molecular weight excluding hydrogens is 310 g/mol. The first-order valence-electron chi connectivity index (χ1n) is 5.97. The molecule has 94 valence electrons. The Morgan fingerprint density at radius 1 is 1.33 bits per heavy atom. The zero-order chi connectivity index (χ0) is 12.5. The fraction of sp³-hybridized carbons (Fsp3) is 0.286. The van der Waals surface area contributed by atoms with Gasteiger partial charge in [0, 0.05) is 23.8 Å². The lowest BCUT2D eigenvalue weighted by molar-refractivity contribution is 0.198. The molecule has 2 unspecified atom stereocenters. The number of hydrogen-bond acceptors (Lipinski definition) is 3. The lowest BCUT2D eigenvalue weighted by atomic mass is 10.0. The van der Waals surface area contributed by atoms with E-state index in [1.807, 2.05) is 18.2 Å². The number of hydrogen-bond donors (Lipinski definition) is 1. The molecule has 1 aliphatic rings. The Morgan fingerprint density at radius 2 is 2.17 bits per heavy atom. The monoisotopic (exact) mass is 323 g/mol. The van der Waals surface area contributed by atoms with Crippen molar-refractivity contribution in [1.82, 2.24) is 0 Å². The number of nitrogens with two attached hydrogens (primary N) is 1. The molecule has 3 rings (SSSR count). The van der Waals surface area contributed by atoms with Crippen molar-refractivity contribution in [2.24, 2.45) is 5.73 Å². The summed E-state index contributed by atoms with van der Waals surface area (Å²) >= 11 is 5.22. The Balaban J connectivity index is 1.67. The summed E-state index contributed by atoms with van der Waals surface area (Å²) in [7, 11) is 0. The van der Waals surface area contributed by atoms with Gasteiger partial charge in [0.15, 0.2) is 0 Å². The normalized spacial score (nSPS) is 19.3. The molecule has 0 aliphatic carbocycles.